The second-order valence-electron chi connectivity index (χ2n) is 6.16. The van der Waals surface area contributed by atoms with E-state index in [-0.39, 0.29) is 29.7 Å². The number of halogens is 1. The first kappa shape index (κ1) is 19.2. The van der Waals surface area contributed by atoms with Crippen molar-refractivity contribution in [1.29, 1.82) is 0 Å². The van der Waals surface area contributed by atoms with Gasteiger partial charge in [0.05, 0.1) is 16.3 Å². The molecule has 1 aromatic heterocycles. The number of hydrogen-bond acceptors (Lipinski definition) is 5. The Hall–Kier alpha value is -3.62. The zero-order valence-electron chi connectivity index (χ0n) is 15.4. The van der Waals surface area contributed by atoms with Crippen molar-refractivity contribution < 1.29 is 14.1 Å². The van der Waals surface area contributed by atoms with Crippen LogP contribution >= 0.6 is 0 Å². The molecule has 0 aliphatic rings. The van der Waals surface area contributed by atoms with Crippen molar-refractivity contribution in [1.82, 2.24) is 19.9 Å². The molecule has 3 rings (SSSR count). The maximum absolute atomic E-state index is 13.4. The molecule has 144 valence electrons. The van der Waals surface area contributed by atoms with E-state index in [1.54, 1.807) is 31.2 Å². The number of hydrogen-bond donors (Lipinski definition) is 0. The third-order valence-corrected chi connectivity index (χ3v) is 4.31. The van der Waals surface area contributed by atoms with Crippen LogP contribution in [0, 0.1) is 22.9 Å². The number of rotatable bonds is 6. The van der Waals surface area contributed by atoms with Gasteiger partial charge in [-0.3, -0.25) is 14.9 Å². The summed E-state index contributed by atoms with van der Waals surface area (Å²) in [7, 11) is 0. The maximum atomic E-state index is 13.4. The molecule has 0 unspecified atom stereocenters. The molecule has 0 saturated heterocycles. The van der Waals surface area contributed by atoms with Gasteiger partial charge in [0.15, 0.2) is 5.69 Å². The van der Waals surface area contributed by atoms with Gasteiger partial charge >= 0.3 is 0 Å². The van der Waals surface area contributed by atoms with E-state index in [4.69, 9.17) is 0 Å². The maximum Gasteiger partial charge on any atom is 0.276 e. The molecule has 8 nitrogen and oxygen atoms in total. The van der Waals surface area contributed by atoms with Gasteiger partial charge in [-0.05, 0) is 37.6 Å². The van der Waals surface area contributed by atoms with Crippen LogP contribution in [0.4, 0.5) is 10.1 Å². The fraction of sp³-hybridized carbons (Fsp3) is 0.211. The van der Waals surface area contributed by atoms with Crippen molar-refractivity contribution in [2.24, 2.45) is 0 Å². The molecule has 0 bridgehead atoms. The molecule has 1 amide bonds. The van der Waals surface area contributed by atoms with Crippen LogP contribution in [0.25, 0.3) is 5.69 Å². The topological polar surface area (TPSA) is 94.2 Å². The van der Waals surface area contributed by atoms with Gasteiger partial charge in [0.2, 0.25) is 0 Å². The molecule has 28 heavy (non-hydrogen) atoms. The highest BCUT2D eigenvalue weighted by Gasteiger charge is 2.23. The van der Waals surface area contributed by atoms with Gasteiger partial charge < -0.3 is 4.90 Å². The summed E-state index contributed by atoms with van der Waals surface area (Å²) in [5, 5.41) is 18.9. The molecule has 0 radical (unpaired) electrons. The second-order valence-corrected chi connectivity index (χ2v) is 6.16. The van der Waals surface area contributed by atoms with Crippen LogP contribution in [0.15, 0.2) is 48.5 Å². The molecule has 1 heterocycles. The highest BCUT2D eigenvalue weighted by Crippen LogP contribution is 2.19. The first-order valence-corrected chi connectivity index (χ1v) is 8.61. The van der Waals surface area contributed by atoms with Crippen molar-refractivity contribution in [3.63, 3.8) is 0 Å². The standard InChI is InChI=1S/C19H18FN5O3/c1-3-23(12-14-6-4-7-15(20)10-14)19(26)18-13(2)24(22-21-18)16-8-5-9-17(11-16)25(27)28/h4-11H,3,12H2,1-2H3. The highest BCUT2D eigenvalue weighted by atomic mass is 19.1. The van der Waals surface area contributed by atoms with E-state index in [0.29, 0.717) is 23.5 Å². The second kappa shape index (κ2) is 7.95. The molecule has 0 aliphatic heterocycles. The number of carbonyl (C=O) groups is 1. The normalized spacial score (nSPS) is 10.7. The minimum atomic E-state index is -0.500. The quantitative estimate of drug-likeness (QED) is 0.481. The average Bonchev–Trinajstić information content (AvgIpc) is 3.07. The lowest BCUT2D eigenvalue weighted by Crippen LogP contribution is -2.31. The summed E-state index contributed by atoms with van der Waals surface area (Å²) in [6.07, 6.45) is 0. The summed E-state index contributed by atoms with van der Waals surface area (Å²) in [5.74, 6) is -0.713. The minimum Gasteiger partial charge on any atom is -0.333 e. The van der Waals surface area contributed by atoms with E-state index in [2.05, 4.69) is 10.3 Å². The molecule has 0 saturated carbocycles. The van der Waals surface area contributed by atoms with Gasteiger partial charge in [0, 0.05) is 25.2 Å². The zero-order valence-corrected chi connectivity index (χ0v) is 15.4. The number of amides is 1. The Morgan fingerprint density at radius 1 is 1.25 bits per heavy atom. The van der Waals surface area contributed by atoms with E-state index in [1.807, 2.05) is 6.92 Å². The van der Waals surface area contributed by atoms with Crippen molar-refractivity contribution in [2.75, 3.05) is 6.54 Å². The minimum absolute atomic E-state index is 0.0819. The first-order chi connectivity index (χ1) is 13.4. The van der Waals surface area contributed by atoms with Gasteiger partial charge in [-0.2, -0.15) is 0 Å². The Morgan fingerprint density at radius 2 is 2.00 bits per heavy atom. The third-order valence-electron chi connectivity index (χ3n) is 4.31. The van der Waals surface area contributed by atoms with Crippen molar-refractivity contribution >= 4 is 11.6 Å². The van der Waals surface area contributed by atoms with Crippen LogP contribution in [0.1, 0.15) is 28.7 Å². The van der Waals surface area contributed by atoms with Crippen molar-refractivity contribution in [2.45, 2.75) is 20.4 Å². The van der Waals surface area contributed by atoms with E-state index in [0.717, 1.165) is 0 Å². The lowest BCUT2D eigenvalue weighted by atomic mass is 10.2. The molecule has 0 N–H and O–H groups in total. The summed E-state index contributed by atoms with van der Waals surface area (Å²) in [4.78, 5) is 24.9. The molecule has 0 fully saturated rings. The fourth-order valence-electron chi connectivity index (χ4n) is 2.84. The number of benzene rings is 2. The summed E-state index contributed by atoms with van der Waals surface area (Å²) in [5.41, 5.74) is 1.62. The molecular weight excluding hydrogens is 365 g/mol. The zero-order chi connectivity index (χ0) is 20.3. The van der Waals surface area contributed by atoms with Gasteiger partial charge in [0.1, 0.15) is 5.82 Å². The molecule has 9 heteroatoms. The van der Waals surface area contributed by atoms with Crippen LogP contribution in [0.3, 0.4) is 0 Å². The van der Waals surface area contributed by atoms with Gasteiger partial charge in [-0.25, -0.2) is 9.07 Å². The van der Waals surface area contributed by atoms with Crippen molar-refractivity contribution in [3.8, 4) is 5.69 Å². The molecule has 0 spiro atoms. The molecule has 2 aromatic carbocycles. The van der Waals surface area contributed by atoms with Crippen LogP contribution in [0.5, 0.6) is 0 Å². The highest BCUT2D eigenvalue weighted by molar-refractivity contribution is 5.93. The largest absolute Gasteiger partial charge is 0.333 e. The number of carbonyl (C=O) groups excluding carboxylic acids is 1. The first-order valence-electron chi connectivity index (χ1n) is 8.61. The molecule has 3 aromatic rings. The Balaban J connectivity index is 1.88. The van der Waals surface area contributed by atoms with E-state index >= 15 is 0 Å². The van der Waals surface area contributed by atoms with E-state index in [9.17, 15) is 19.3 Å². The summed E-state index contributed by atoms with van der Waals surface area (Å²) >= 11 is 0. The predicted molar refractivity (Wildman–Crippen MR) is 99.6 cm³/mol. The SMILES string of the molecule is CCN(Cc1cccc(F)c1)C(=O)c1nnn(-c2cccc([N+](=O)[O-])c2)c1C. The number of aromatic nitrogens is 3. The number of non-ortho nitro benzene ring substituents is 1. The van der Waals surface area contributed by atoms with Crippen LogP contribution in [-0.2, 0) is 6.54 Å². The molecular formula is C19H18FN5O3. The lowest BCUT2D eigenvalue weighted by molar-refractivity contribution is -0.384. The Bertz CT molecular complexity index is 1030. The van der Waals surface area contributed by atoms with Crippen LogP contribution in [0.2, 0.25) is 0 Å². The van der Waals surface area contributed by atoms with Gasteiger partial charge in [-0.15, -0.1) is 5.10 Å². The smallest absolute Gasteiger partial charge is 0.276 e. The molecule has 0 atom stereocenters. The summed E-state index contributed by atoms with van der Waals surface area (Å²) in [6, 6.07) is 12.0. The Labute approximate surface area is 160 Å². The number of nitro groups is 1. The van der Waals surface area contributed by atoms with Gasteiger partial charge in [-0.1, -0.05) is 23.4 Å². The Kier molecular flexibility index (Phi) is 5.44. The monoisotopic (exact) mass is 383 g/mol. The summed E-state index contributed by atoms with van der Waals surface area (Å²) in [6.45, 7) is 4.12. The lowest BCUT2D eigenvalue weighted by Gasteiger charge is -2.20. The Morgan fingerprint density at radius 3 is 2.68 bits per heavy atom. The number of nitro benzene ring substituents is 1. The van der Waals surface area contributed by atoms with E-state index in [1.165, 1.54) is 33.8 Å². The fourth-order valence-corrected chi connectivity index (χ4v) is 2.84. The van der Waals surface area contributed by atoms with Crippen LogP contribution < -0.4 is 0 Å². The van der Waals surface area contributed by atoms with Crippen molar-refractivity contribution in [3.05, 3.63) is 81.4 Å². The summed E-state index contributed by atoms with van der Waals surface area (Å²) < 4.78 is 14.8. The van der Waals surface area contributed by atoms with Crippen LogP contribution in [-0.4, -0.2) is 37.3 Å². The van der Waals surface area contributed by atoms with Gasteiger partial charge in [0.25, 0.3) is 11.6 Å². The molecule has 0 aliphatic carbocycles. The predicted octanol–water partition coefficient (Wildman–Crippen LogP) is 3.29. The van der Waals surface area contributed by atoms with E-state index < -0.39 is 4.92 Å². The average molecular weight is 383 g/mol. The third kappa shape index (κ3) is 3.88. The number of nitrogens with zero attached hydrogens (tertiary/aromatic N) is 5.